The van der Waals surface area contributed by atoms with E-state index in [4.69, 9.17) is 10.5 Å². The van der Waals surface area contributed by atoms with Gasteiger partial charge < -0.3 is 15.8 Å². The number of nitrogens with two attached hydrogens (primary N) is 1. The van der Waals surface area contributed by atoms with Gasteiger partial charge in [0.2, 0.25) is 5.88 Å². The predicted molar refractivity (Wildman–Crippen MR) is 88.6 cm³/mol. The number of ether oxygens (including phenoxy) is 1. The van der Waals surface area contributed by atoms with Crippen molar-refractivity contribution < 1.29 is 4.74 Å². The van der Waals surface area contributed by atoms with Crippen molar-refractivity contribution >= 4 is 11.5 Å². The summed E-state index contributed by atoms with van der Waals surface area (Å²) in [6, 6.07) is 4.29. The molecule has 0 radical (unpaired) electrons. The maximum Gasteiger partial charge on any atom is 0.239 e. The molecule has 1 aliphatic rings. The van der Waals surface area contributed by atoms with Gasteiger partial charge in [-0.3, -0.25) is 0 Å². The predicted octanol–water partition coefficient (Wildman–Crippen LogP) is 4.08. The lowest BCUT2D eigenvalue weighted by atomic mass is 9.78. The Hall–Kier alpha value is -1.45. The van der Waals surface area contributed by atoms with Crippen LogP contribution in [-0.2, 0) is 0 Å². The van der Waals surface area contributed by atoms with Gasteiger partial charge in [0.1, 0.15) is 11.4 Å². The van der Waals surface area contributed by atoms with E-state index >= 15 is 0 Å². The molecule has 1 aliphatic carbocycles. The highest BCUT2D eigenvalue weighted by Crippen LogP contribution is 2.32. The molecule has 0 amide bonds. The Morgan fingerprint density at radius 2 is 1.95 bits per heavy atom. The van der Waals surface area contributed by atoms with Crippen molar-refractivity contribution in [2.75, 3.05) is 11.1 Å². The summed E-state index contributed by atoms with van der Waals surface area (Å²) < 4.78 is 5.83. The number of nitrogens with zero attached hydrogens (tertiary/aromatic N) is 1. The van der Waals surface area contributed by atoms with E-state index < -0.39 is 0 Å². The second-order valence-electron chi connectivity index (χ2n) is 7.32. The summed E-state index contributed by atoms with van der Waals surface area (Å²) in [5.74, 6) is 2.79. The lowest BCUT2D eigenvalue weighted by molar-refractivity contribution is 0.125. The van der Waals surface area contributed by atoms with Crippen LogP contribution in [0.15, 0.2) is 12.1 Å². The van der Waals surface area contributed by atoms with Crippen molar-refractivity contribution in [2.45, 2.75) is 65.5 Å². The normalized spacial score (nSPS) is 26.4. The van der Waals surface area contributed by atoms with Crippen LogP contribution in [0.25, 0.3) is 0 Å². The van der Waals surface area contributed by atoms with Crippen LogP contribution in [0.3, 0.4) is 0 Å². The first-order valence-corrected chi connectivity index (χ1v) is 7.98. The molecule has 2 rings (SSSR count). The van der Waals surface area contributed by atoms with Gasteiger partial charge in [0.05, 0.1) is 5.69 Å². The Labute approximate surface area is 128 Å². The number of nitrogen functional groups attached to an aromatic ring is 1. The largest absolute Gasteiger partial charge is 0.470 e. The zero-order valence-corrected chi connectivity index (χ0v) is 13.9. The fourth-order valence-electron chi connectivity index (χ4n) is 2.88. The lowest BCUT2D eigenvalue weighted by Gasteiger charge is -2.35. The van der Waals surface area contributed by atoms with Crippen molar-refractivity contribution in [3.8, 4) is 5.88 Å². The Morgan fingerprint density at radius 1 is 1.24 bits per heavy atom. The number of rotatable bonds is 3. The number of anilines is 2. The molecule has 3 N–H and O–H groups in total. The van der Waals surface area contributed by atoms with Gasteiger partial charge in [0.25, 0.3) is 0 Å². The van der Waals surface area contributed by atoms with Crippen molar-refractivity contribution in [3.05, 3.63) is 12.1 Å². The molecule has 0 spiro atoms. The highest BCUT2D eigenvalue weighted by molar-refractivity contribution is 5.54. The van der Waals surface area contributed by atoms with Gasteiger partial charge in [-0.15, -0.1) is 0 Å². The van der Waals surface area contributed by atoms with Crippen LogP contribution >= 0.6 is 0 Å². The van der Waals surface area contributed by atoms with E-state index in [1.807, 2.05) is 32.9 Å². The molecule has 4 heteroatoms. The summed E-state index contributed by atoms with van der Waals surface area (Å²) in [7, 11) is 0. The number of hydrogen-bond donors (Lipinski definition) is 2. The molecule has 0 aromatic carbocycles. The monoisotopic (exact) mass is 291 g/mol. The van der Waals surface area contributed by atoms with Gasteiger partial charge >= 0.3 is 0 Å². The van der Waals surface area contributed by atoms with E-state index in [0.717, 1.165) is 11.7 Å². The second-order valence-corrected chi connectivity index (χ2v) is 7.32. The summed E-state index contributed by atoms with van der Waals surface area (Å²) in [4.78, 5) is 4.55. The van der Waals surface area contributed by atoms with Crippen LogP contribution in [0.1, 0.15) is 53.9 Å². The highest BCUT2D eigenvalue weighted by Gasteiger charge is 2.27. The Kier molecular flexibility index (Phi) is 4.64. The van der Waals surface area contributed by atoms with Crippen LogP contribution in [0.4, 0.5) is 11.5 Å². The smallest absolute Gasteiger partial charge is 0.239 e. The Morgan fingerprint density at radius 3 is 2.62 bits per heavy atom. The fraction of sp³-hybridized carbons (Fsp3) is 0.706. The van der Waals surface area contributed by atoms with Gasteiger partial charge in [-0.2, -0.15) is 4.98 Å². The first-order valence-electron chi connectivity index (χ1n) is 7.98. The van der Waals surface area contributed by atoms with Gasteiger partial charge in [-0.05, 0) is 51.2 Å². The first-order chi connectivity index (χ1) is 9.76. The van der Waals surface area contributed by atoms with Gasteiger partial charge in [0.15, 0.2) is 0 Å². The first kappa shape index (κ1) is 15.9. The highest BCUT2D eigenvalue weighted by atomic mass is 16.5. The van der Waals surface area contributed by atoms with E-state index in [-0.39, 0.29) is 5.60 Å². The Balaban J connectivity index is 2.12. The molecule has 0 aliphatic heterocycles. The van der Waals surface area contributed by atoms with Gasteiger partial charge in [0, 0.05) is 6.04 Å². The lowest BCUT2D eigenvalue weighted by Crippen LogP contribution is -2.35. The summed E-state index contributed by atoms with van der Waals surface area (Å²) in [6.07, 6.45) is 3.81. The van der Waals surface area contributed by atoms with Crippen molar-refractivity contribution in [3.63, 3.8) is 0 Å². The van der Waals surface area contributed by atoms with Crippen LogP contribution in [0.5, 0.6) is 5.88 Å². The third kappa shape index (κ3) is 4.26. The maximum absolute atomic E-state index is 5.96. The summed E-state index contributed by atoms with van der Waals surface area (Å²) in [5.41, 5.74) is 6.25. The molecule has 0 saturated heterocycles. The molecule has 3 atom stereocenters. The molecule has 1 fully saturated rings. The van der Waals surface area contributed by atoms with E-state index in [9.17, 15) is 0 Å². The number of aromatic nitrogens is 1. The molecule has 4 nitrogen and oxygen atoms in total. The molecule has 3 unspecified atom stereocenters. The zero-order chi connectivity index (χ0) is 15.6. The molecule has 118 valence electrons. The minimum atomic E-state index is -0.299. The third-order valence-electron chi connectivity index (χ3n) is 4.33. The van der Waals surface area contributed by atoms with E-state index in [1.165, 1.54) is 19.3 Å². The molecule has 21 heavy (non-hydrogen) atoms. The van der Waals surface area contributed by atoms with Gasteiger partial charge in [-0.1, -0.05) is 26.7 Å². The molecular weight excluding hydrogens is 262 g/mol. The molecule has 1 aromatic heterocycles. The molecular formula is C17H29N3O. The van der Waals surface area contributed by atoms with Crippen LogP contribution in [0.2, 0.25) is 0 Å². The summed E-state index contributed by atoms with van der Waals surface area (Å²) >= 11 is 0. The van der Waals surface area contributed by atoms with Crippen LogP contribution in [-0.4, -0.2) is 16.6 Å². The quantitative estimate of drug-likeness (QED) is 0.881. The zero-order valence-electron chi connectivity index (χ0n) is 13.9. The third-order valence-corrected chi connectivity index (χ3v) is 4.33. The average molecular weight is 291 g/mol. The minimum Gasteiger partial charge on any atom is -0.470 e. The minimum absolute atomic E-state index is 0.299. The van der Waals surface area contributed by atoms with E-state index in [1.54, 1.807) is 0 Å². The summed E-state index contributed by atoms with van der Waals surface area (Å²) in [6.45, 7) is 10.7. The molecule has 1 heterocycles. The van der Waals surface area contributed by atoms with Crippen LogP contribution in [0, 0.1) is 11.8 Å². The number of hydrogen-bond acceptors (Lipinski definition) is 4. The SMILES string of the molecule is CC1CCCC(Nc2ccc(N)c(OC(C)(C)C)n2)C1C. The number of pyridine rings is 1. The molecule has 1 saturated carbocycles. The van der Waals surface area contributed by atoms with Gasteiger partial charge in [-0.25, -0.2) is 0 Å². The Bertz CT molecular complexity index is 481. The average Bonchev–Trinajstić information content (AvgIpc) is 2.37. The van der Waals surface area contributed by atoms with Crippen LogP contribution < -0.4 is 15.8 Å². The number of nitrogens with one attached hydrogen (secondary N) is 1. The van der Waals surface area contributed by atoms with Crippen molar-refractivity contribution in [2.24, 2.45) is 11.8 Å². The second kappa shape index (κ2) is 6.12. The maximum atomic E-state index is 5.96. The molecule has 1 aromatic rings. The van der Waals surface area contributed by atoms with E-state index in [2.05, 4.69) is 24.1 Å². The standard InChI is InChI=1S/C17H29N3O/c1-11-7-6-8-14(12(11)2)19-15-10-9-13(18)16(20-15)21-17(3,4)5/h9-12,14H,6-8,18H2,1-5H3,(H,19,20). The van der Waals surface area contributed by atoms with Crippen molar-refractivity contribution in [1.29, 1.82) is 0 Å². The fourth-order valence-corrected chi connectivity index (χ4v) is 2.88. The van der Waals surface area contributed by atoms with E-state index in [0.29, 0.717) is 23.5 Å². The summed E-state index contributed by atoms with van der Waals surface area (Å²) in [5, 5.41) is 3.57. The topological polar surface area (TPSA) is 60.2 Å². The molecule has 0 bridgehead atoms. The van der Waals surface area contributed by atoms with Crippen molar-refractivity contribution in [1.82, 2.24) is 4.98 Å².